The fourth-order valence-corrected chi connectivity index (χ4v) is 2.73. The molecule has 2 N–H and O–H groups in total. The van der Waals surface area contributed by atoms with E-state index in [0.717, 1.165) is 24.5 Å². The van der Waals surface area contributed by atoms with Gasteiger partial charge in [-0.2, -0.15) is 0 Å². The molecule has 0 radical (unpaired) electrons. The Labute approximate surface area is 148 Å². The Balaban J connectivity index is 1.97. The minimum Gasteiger partial charge on any atom is -0.480 e. The maximum atomic E-state index is 11.8. The molecule has 1 aromatic rings. The van der Waals surface area contributed by atoms with Gasteiger partial charge in [-0.1, -0.05) is 6.07 Å². The summed E-state index contributed by atoms with van der Waals surface area (Å²) in [4.78, 5) is 29.9. The standard InChI is InChI=1S/C18H27N3O4/c1-18(2,3)25-17(24)20-14(16(22)23)11-13-7-8-15(19-12-13)21-9-5-4-6-10-21/h7-8,12,14H,4-6,9-11H2,1-3H3,(H,20,24)(H,22,23). The number of anilines is 1. The van der Waals surface area contributed by atoms with Crippen molar-refractivity contribution in [3.8, 4) is 0 Å². The van der Waals surface area contributed by atoms with Crippen LogP contribution in [0.15, 0.2) is 18.3 Å². The molecule has 2 heterocycles. The number of aliphatic carboxylic acids is 1. The van der Waals surface area contributed by atoms with E-state index in [4.69, 9.17) is 4.74 Å². The SMILES string of the molecule is CC(C)(C)OC(=O)NC(Cc1ccc(N2CCCCC2)nc1)C(=O)O. The molecule has 1 aliphatic heterocycles. The number of alkyl carbamates (subject to hydrolysis) is 1. The molecule has 7 nitrogen and oxygen atoms in total. The fourth-order valence-electron chi connectivity index (χ4n) is 2.73. The van der Waals surface area contributed by atoms with Gasteiger partial charge in [-0.05, 0) is 51.7 Å². The van der Waals surface area contributed by atoms with Crippen LogP contribution in [0.1, 0.15) is 45.6 Å². The smallest absolute Gasteiger partial charge is 0.408 e. The number of pyridine rings is 1. The van der Waals surface area contributed by atoms with Crippen LogP contribution in [0, 0.1) is 0 Å². The molecule has 2 rings (SSSR count). The fraction of sp³-hybridized carbons (Fsp3) is 0.611. The minimum atomic E-state index is -1.11. The van der Waals surface area contributed by atoms with Gasteiger partial charge in [-0.25, -0.2) is 14.6 Å². The van der Waals surface area contributed by atoms with Crippen LogP contribution in [-0.2, 0) is 16.0 Å². The van der Waals surface area contributed by atoms with E-state index in [9.17, 15) is 14.7 Å². The lowest BCUT2D eigenvalue weighted by atomic mass is 10.1. The van der Waals surface area contributed by atoms with Gasteiger partial charge in [-0.15, -0.1) is 0 Å². The predicted octanol–water partition coefficient (Wildman–Crippen LogP) is 2.59. The number of ether oxygens (including phenoxy) is 1. The van der Waals surface area contributed by atoms with Crippen molar-refractivity contribution in [1.29, 1.82) is 0 Å². The van der Waals surface area contributed by atoms with Crippen molar-refractivity contribution >= 4 is 17.9 Å². The van der Waals surface area contributed by atoms with E-state index in [1.54, 1.807) is 27.0 Å². The molecule has 0 aliphatic carbocycles. The number of piperidine rings is 1. The Morgan fingerprint density at radius 1 is 1.28 bits per heavy atom. The van der Waals surface area contributed by atoms with Crippen molar-refractivity contribution in [2.24, 2.45) is 0 Å². The van der Waals surface area contributed by atoms with Gasteiger partial charge in [0.2, 0.25) is 0 Å². The van der Waals surface area contributed by atoms with Crippen molar-refractivity contribution in [1.82, 2.24) is 10.3 Å². The van der Waals surface area contributed by atoms with Crippen LogP contribution in [0.3, 0.4) is 0 Å². The largest absolute Gasteiger partial charge is 0.480 e. The number of nitrogens with one attached hydrogen (secondary N) is 1. The summed E-state index contributed by atoms with van der Waals surface area (Å²) in [7, 11) is 0. The lowest BCUT2D eigenvalue weighted by molar-refractivity contribution is -0.139. The molecular formula is C18H27N3O4. The van der Waals surface area contributed by atoms with Crippen molar-refractivity contribution < 1.29 is 19.4 Å². The zero-order valence-electron chi connectivity index (χ0n) is 15.1. The zero-order chi connectivity index (χ0) is 18.4. The van der Waals surface area contributed by atoms with Gasteiger partial charge in [-0.3, -0.25) is 0 Å². The van der Waals surface area contributed by atoms with Gasteiger partial charge in [0.15, 0.2) is 0 Å². The zero-order valence-corrected chi connectivity index (χ0v) is 15.1. The molecule has 1 aliphatic rings. The molecule has 1 aromatic heterocycles. The molecule has 0 spiro atoms. The Hall–Kier alpha value is -2.31. The molecule has 7 heteroatoms. The molecule has 0 saturated carbocycles. The molecular weight excluding hydrogens is 322 g/mol. The molecule has 1 saturated heterocycles. The van der Waals surface area contributed by atoms with Crippen molar-refractivity contribution in [2.75, 3.05) is 18.0 Å². The number of carbonyl (C=O) groups is 2. The quantitative estimate of drug-likeness (QED) is 0.849. The number of carboxylic acids is 1. The first-order chi connectivity index (χ1) is 11.7. The van der Waals surface area contributed by atoms with Gasteiger partial charge >= 0.3 is 12.1 Å². The topological polar surface area (TPSA) is 91.8 Å². The summed E-state index contributed by atoms with van der Waals surface area (Å²) in [5.41, 5.74) is 0.0781. The highest BCUT2D eigenvalue weighted by Gasteiger charge is 2.24. The second kappa shape index (κ2) is 8.18. The van der Waals surface area contributed by atoms with Gasteiger partial charge in [0.1, 0.15) is 17.5 Å². The van der Waals surface area contributed by atoms with Crippen LogP contribution < -0.4 is 10.2 Å². The molecule has 25 heavy (non-hydrogen) atoms. The summed E-state index contributed by atoms with van der Waals surface area (Å²) in [6.07, 6.45) is 4.69. The number of hydrogen-bond acceptors (Lipinski definition) is 5. The minimum absolute atomic E-state index is 0.155. The third-order valence-electron chi connectivity index (χ3n) is 3.92. The van der Waals surface area contributed by atoms with Crippen LogP contribution in [-0.4, -0.2) is 46.9 Å². The second-order valence-corrected chi connectivity index (χ2v) is 7.31. The van der Waals surface area contributed by atoms with Crippen molar-refractivity contribution in [3.63, 3.8) is 0 Å². The number of amides is 1. The number of hydrogen-bond donors (Lipinski definition) is 2. The normalized spacial score (nSPS) is 16.2. The summed E-state index contributed by atoms with van der Waals surface area (Å²) in [5.74, 6) is -0.193. The number of carboxylic acid groups (broad SMARTS) is 1. The maximum absolute atomic E-state index is 11.8. The van der Waals surface area contributed by atoms with Crippen molar-refractivity contribution in [3.05, 3.63) is 23.9 Å². The van der Waals surface area contributed by atoms with Gasteiger partial charge in [0, 0.05) is 25.7 Å². The van der Waals surface area contributed by atoms with E-state index in [0.29, 0.717) is 0 Å². The summed E-state index contributed by atoms with van der Waals surface area (Å²) < 4.78 is 5.12. The molecule has 1 atom stereocenters. The van der Waals surface area contributed by atoms with Crippen LogP contribution in [0.25, 0.3) is 0 Å². The predicted molar refractivity (Wildman–Crippen MR) is 94.8 cm³/mol. The highest BCUT2D eigenvalue weighted by atomic mass is 16.6. The third kappa shape index (κ3) is 6.25. The Morgan fingerprint density at radius 3 is 2.48 bits per heavy atom. The first-order valence-corrected chi connectivity index (χ1v) is 8.67. The van der Waals surface area contributed by atoms with Crippen LogP contribution in [0.2, 0.25) is 0 Å². The Kier molecular flexibility index (Phi) is 6.22. The maximum Gasteiger partial charge on any atom is 0.408 e. The molecule has 1 amide bonds. The molecule has 0 bridgehead atoms. The van der Waals surface area contributed by atoms with E-state index in [-0.39, 0.29) is 6.42 Å². The van der Waals surface area contributed by atoms with E-state index in [1.165, 1.54) is 19.3 Å². The van der Waals surface area contributed by atoms with Gasteiger partial charge < -0.3 is 20.1 Å². The first kappa shape index (κ1) is 19.0. The van der Waals surface area contributed by atoms with Crippen LogP contribution in [0.4, 0.5) is 10.6 Å². The van der Waals surface area contributed by atoms with E-state index in [2.05, 4.69) is 15.2 Å². The molecule has 0 aromatic carbocycles. The average Bonchev–Trinajstić information content (AvgIpc) is 2.54. The Morgan fingerprint density at radius 2 is 1.96 bits per heavy atom. The first-order valence-electron chi connectivity index (χ1n) is 8.67. The lowest BCUT2D eigenvalue weighted by Crippen LogP contribution is -2.44. The van der Waals surface area contributed by atoms with E-state index in [1.807, 2.05) is 12.1 Å². The molecule has 1 unspecified atom stereocenters. The summed E-state index contributed by atoms with van der Waals surface area (Å²) in [6, 6.07) is 2.72. The average molecular weight is 349 g/mol. The molecule has 1 fully saturated rings. The lowest BCUT2D eigenvalue weighted by Gasteiger charge is -2.27. The highest BCUT2D eigenvalue weighted by molar-refractivity contribution is 5.80. The third-order valence-corrected chi connectivity index (χ3v) is 3.92. The summed E-state index contributed by atoms with van der Waals surface area (Å²) in [5, 5.41) is 11.7. The van der Waals surface area contributed by atoms with Gasteiger partial charge in [0.25, 0.3) is 0 Å². The van der Waals surface area contributed by atoms with Crippen LogP contribution in [0.5, 0.6) is 0 Å². The van der Waals surface area contributed by atoms with Gasteiger partial charge in [0.05, 0.1) is 0 Å². The van der Waals surface area contributed by atoms with E-state index >= 15 is 0 Å². The summed E-state index contributed by atoms with van der Waals surface area (Å²) >= 11 is 0. The monoisotopic (exact) mass is 349 g/mol. The number of aromatic nitrogens is 1. The number of nitrogens with zero attached hydrogens (tertiary/aromatic N) is 2. The Bertz CT molecular complexity index is 589. The summed E-state index contributed by atoms with van der Waals surface area (Å²) in [6.45, 7) is 7.19. The second-order valence-electron chi connectivity index (χ2n) is 7.31. The van der Waals surface area contributed by atoms with E-state index < -0.39 is 23.7 Å². The molecule has 138 valence electrons. The van der Waals surface area contributed by atoms with Crippen molar-refractivity contribution in [2.45, 2.75) is 58.1 Å². The van der Waals surface area contributed by atoms with Crippen LogP contribution >= 0.6 is 0 Å². The number of carbonyl (C=O) groups excluding carboxylic acids is 1. The number of rotatable bonds is 5. The highest BCUT2D eigenvalue weighted by Crippen LogP contribution is 2.18.